The summed E-state index contributed by atoms with van der Waals surface area (Å²) >= 11 is 0. The van der Waals surface area contributed by atoms with E-state index in [-0.39, 0.29) is 5.56 Å². The highest BCUT2D eigenvalue weighted by Gasteiger charge is 2.08. The van der Waals surface area contributed by atoms with E-state index < -0.39 is 0 Å². The number of benzene rings is 1. The SMILES string of the molecule is CCc1cc(NCc2nc3ccc(C)cc3o2)c(=O)[nH]c1C. The molecule has 0 saturated heterocycles. The molecule has 2 heterocycles. The molecule has 0 fully saturated rings. The van der Waals surface area contributed by atoms with E-state index in [1.165, 1.54) is 0 Å². The van der Waals surface area contributed by atoms with Gasteiger partial charge in [-0.05, 0) is 49.6 Å². The van der Waals surface area contributed by atoms with Crippen molar-refractivity contribution >= 4 is 16.8 Å². The molecule has 5 heteroatoms. The summed E-state index contributed by atoms with van der Waals surface area (Å²) in [6, 6.07) is 7.78. The maximum Gasteiger partial charge on any atom is 0.271 e. The van der Waals surface area contributed by atoms with Crippen molar-refractivity contribution in [3.63, 3.8) is 0 Å². The number of H-pyrrole nitrogens is 1. The number of rotatable bonds is 4. The average Bonchev–Trinajstić information content (AvgIpc) is 2.88. The van der Waals surface area contributed by atoms with Crippen LogP contribution in [-0.2, 0) is 13.0 Å². The van der Waals surface area contributed by atoms with E-state index in [1.54, 1.807) is 0 Å². The number of hydrogen-bond acceptors (Lipinski definition) is 4. The van der Waals surface area contributed by atoms with Gasteiger partial charge < -0.3 is 14.7 Å². The lowest BCUT2D eigenvalue weighted by Gasteiger charge is -2.07. The van der Waals surface area contributed by atoms with E-state index in [1.807, 2.05) is 38.1 Å². The zero-order valence-corrected chi connectivity index (χ0v) is 13.0. The molecule has 0 radical (unpaired) electrons. The Labute approximate surface area is 128 Å². The van der Waals surface area contributed by atoms with Crippen molar-refractivity contribution in [1.82, 2.24) is 9.97 Å². The van der Waals surface area contributed by atoms with E-state index in [0.717, 1.165) is 34.3 Å². The maximum atomic E-state index is 12.0. The Morgan fingerprint density at radius 2 is 2.09 bits per heavy atom. The number of hydrogen-bond donors (Lipinski definition) is 2. The fourth-order valence-electron chi connectivity index (χ4n) is 2.49. The summed E-state index contributed by atoms with van der Waals surface area (Å²) in [5.74, 6) is 0.568. The molecule has 0 spiro atoms. The summed E-state index contributed by atoms with van der Waals surface area (Å²) in [4.78, 5) is 19.3. The normalized spacial score (nSPS) is 11.0. The minimum atomic E-state index is -0.123. The van der Waals surface area contributed by atoms with Gasteiger partial charge in [0.2, 0.25) is 5.89 Å². The predicted molar refractivity (Wildman–Crippen MR) is 87.3 cm³/mol. The summed E-state index contributed by atoms with van der Waals surface area (Å²) in [5, 5.41) is 3.11. The first-order valence-corrected chi connectivity index (χ1v) is 7.39. The molecule has 0 unspecified atom stereocenters. The van der Waals surface area contributed by atoms with Gasteiger partial charge in [-0.1, -0.05) is 13.0 Å². The van der Waals surface area contributed by atoms with Crippen LogP contribution in [0.5, 0.6) is 0 Å². The van der Waals surface area contributed by atoms with Crippen LogP contribution in [0, 0.1) is 13.8 Å². The molecule has 114 valence electrons. The quantitative estimate of drug-likeness (QED) is 0.775. The Balaban J connectivity index is 1.83. The fraction of sp³-hybridized carbons (Fsp3) is 0.294. The smallest absolute Gasteiger partial charge is 0.271 e. The third-order valence-electron chi connectivity index (χ3n) is 3.75. The molecule has 0 aliphatic carbocycles. The fourth-order valence-corrected chi connectivity index (χ4v) is 2.49. The zero-order chi connectivity index (χ0) is 15.7. The zero-order valence-electron chi connectivity index (χ0n) is 13.0. The molecule has 1 aromatic carbocycles. The van der Waals surface area contributed by atoms with Crippen molar-refractivity contribution in [1.29, 1.82) is 0 Å². The first-order chi connectivity index (χ1) is 10.6. The van der Waals surface area contributed by atoms with E-state index in [2.05, 4.69) is 22.2 Å². The maximum absolute atomic E-state index is 12.0. The van der Waals surface area contributed by atoms with Gasteiger partial charge in [0.1, 0.15) is 11.2 Å². The summed E-state index contributed by atoms with van der Waals surface area (Å²) < 4.78 is 5.70. The number of aromatic amines is 1. The highest BCUT2D eigenvalue weighted by Crippen LogP contribution is 2.18. The Bertz CT molecular complexity index is 877. The van der Waals surface area contributed by atoms with Crippen molar-refractivity contribution in [2.24, 2.45) is 0 Å². The van der Waals surface area contributed by atoms with Crippen molar-refractivity contribution in [2.75, 3.05) is 5.32 Å². The molecule has 0 atom stereocenters. The van der Waals surface area contributed by atoms with Gasteiger partial charge in [-0.25, -0.2) is 4.98 Å². The van der Waals surface area contributed by atoms with Gasteiger partial charge in [0.15, 0.2) is 5.58 Å². The van der Waals surface area contributed by atoms with Crippen LogP contribution in [0.1, 0.15) is 29.6 Å². The molecule has 5 nitrogen and oxygen atoms in total. The third-order valence-corrected chi connectivity index (χ3v) is 3.75. The molecule has 0 amide bonds. The Morgan fingerprint density at radius 1 is 1.27 bits per heavy atom. The van der Waals surface area contributed by atoms with Crippen LogP contribution in [0.25, 0.3) is 11.1 Å². The van der Waals surface area contributed by atoms with E-state index in [4.69, 9.17) is 4.42 Å². The first kappa shape index (κ1) is 14.4. The number of fused-ring (bicyclic) bond motifs is 1. The Morgan fingerprint density at radius 3 is 2.86 bits per heavy atom. The molecular weight excluding hydrogens is 278 g/mol. The first-order valence-electron chi connectivity index (χ1n) is 7.39. The van der Waals surface area contributed by atoms with Gasteiger partial charge in [0, 0.05) is 5.69 Å². The molecule has 2 N–H and O–H groups in total. The lowest BCUT2D eigenvalue weighted by Crippen LogP contribution is -2.16. The van der Waals surface area contributed by atoms with E-state index >= 15 is 0 Å². The van der Waals surface area contributed by atoms with Crippen molar-refractivity contribution in [3.8, 4) is 0 Å². The predicted octanol–water partition coefficient (Wildman–Crippen LogP) is 3.31. The van der Waals surface area contributed by atoms with Crippen molar-refractivity contribution < 1.29 is 4.42 Å². The Kier molecular flexibility index (Phi) is 3.71. The van der Waals surface area contributed by atoms with Crippen LogP contribution in [0.2, 0.25) is 0 Å². The number of nitrogens with one attached hydrogen (secondary N) is 2. The molecule has 0 saturated carbocycles. The highest BCUT2D eigenvalue weighted by atomic mass is 16.3. The van der Waals surface area contributed by atoms with Crippen molar-refractivity contribution in [3.05, 3.63) is 57.3 Å². The summed E-state index contributed by atoms with van der Waals surface area (Å²) in [5.41, 5.74) is 5.18. The highest BCUT2D eigenvalue weighted by molar-refractivity contribution is 5.73. The van der Waals surface area contributed by atoms with Crippen LogP contribution in [-0.4, -0.2) is 9.97 Å². The number of aryl methyl sites for hydroxylation is 3. The summed E-state index contributed by atoms with van der Waals surface area (Å²) in [7, 11) is 0. The number of oxazole rings is 1. The molecule has 2 aromatic heterocycles. The Hall–Kier alpha value is -2.56. The van der Waals surface area contributed by atoms with Crippen LogP contribution >= 0.6 is 0 Å². The second-order valence-electron chi connectivity index (χ2n) is 5.45. The van der Waals surface area contributed by atoms with Crippen LogP contribution in [0.3, 0.4) is 0 Å². The number of pyridine rings is 1. The summed E-state index contributed by atoms with van der Waals surface area (Å²) in [6.07, 6.45) is 0.874. The largest absolute Gasteiger partial charge is 0.439 e. The lowest BCUT2D eigenvalue weighted by molar-refractivity contribution is 0.540. The number of nitrogens with zero attached hydrogens (tertiary/aromatic N) is 1. The van der Waals surface area contributed by atoms with Gasteiger partial charge in [-0.3, -0.25) is 4.79 Å². The standard InChI is InChI=1S/C17H19N3O2/c1-4-12-8-14(17(21)19-11(12)3)18-9-16-20-13-6-5-10(2)7-15(13)22-16/h5-8,18H,4,9H2,1-3H3,(H,19,21). The molecule has 0 bridgehead atoms. The van der Waals surface area contributed by atoms with Gasteiger partial charge in [-0.15, -0.1) is 0 Å². The third kappa shape index (κ3) is 2.74. The summed E-state index contributed by atoms with van der Waals surface area (Å²) in [6.45, 7) is 6.36. The molecule has 22 heavy (non-hydrogen) atoms. The van der Waals surface area contributed by atoms with Gasteiger partial charge in [-0.2, -0.15) is 0 Å². The van der Waals surface area contributed by atoms with Crippen LogP contribution in [0.15, 0.2) is 33.5 Å². The second-order valence-corrected chi connectivity index (χ2v) is 5.45. The van der Waals surface area contributed by atoms with Gasteiger partial charge in [0.05, 0.1) is 6.54 Å². The topological polar surface area (TPSA) is 70.9 Å². The number of anilines is 1. The molecule has 3 rings (SSSR count). The minimum absolute atomic E-state index is 0.123. The second kappa shape index (κ2) is 5.67. The lowest BCUT2D eigenvalue weighted by atomic mass is 10.1. The molecule has 3 aromatic rings. The average molecular weight is 297 g/mol. The van der Waals surface area contributed by atoms with Gasteiger partial charge >= 0.3 is 0 Å². The monoisotopic (exact) mass is 297 g/mol. The molecule has 0 aliphatic rings. The van der Waals surface area contributed by atoms with E-state index in [0.29, 0.717) is 18.1 Å². The van der Waals surface area contributed by atoms with Crippen LogP contribution in [0.4, 0.5) is 5.69 Å². The van der Waals surface area contributed by atoms with Crippen LogP contribution < -0.4 is 10.9 Å². The minimum Gasteiger partial charge on any atom is -0.439 e. The van der Waals surface area contributed by atoms with E-state index in [9.17, 15) is 4.79 Å². The van der Waals surface area contributed by atoms with Crippen molar-refractivity contribution in [2.45, 2.75) is 33.7 Å². The molecular formula is C17H19N3O2. The number of aromatic nitrogens is 2. The van der Waals surface area contributed by atoms with Gasteiger partial charge in [0.25, 0.3) is 5.56 Å². The molecule has 0 aliphatic heterocycles.